The number of benzene rings is 1. The van der Waals surface area contributed by atoms with Gasteiger partial charge in [0.25, 0.3) is 5.91 Å². The van der Waals surface area contributed by atoms with Crippen molar-refractivity contribution in [2.24, 2.45) is 5.73 Å². The third-order valence-corrected chi connectivity index (χ3v) is 2.55. The minimum absolute atomic E-state index is 0.109. The maximum Gasteiger partial charge on any atom is 0.251 e. The number of amides is 1. The number of carbonyl (C=O) groups is 1. The molecule has 1 aromatic rings. The lowest BCUT2D eigenvalue weighted by molar-refractivity contribution is 0.0910. The minimum Gasteiger partial charge on any atom is -0.497 e. The van der Waals surface area contributed by atoms with Crippen LogP contribution in [0.3, 0.4) is 0 Å². The Kier molecular flexibility index (Phi) is 4.52. The predicted molar refractivity (Wildman–Crippen MR) is 68.2 cm³/mol. The van der Waals surface area contributed by atoms with E-state index in [1.54, 1.807) is 25.3 Å². The molecular weight excluding hydrogens is 216 g/mol. The second-order valence-electron chi connectivity index (χ2n) is 4.61. The zero-order valence-electron chi connectivity index (χ0n) is 10.6. The Morgan fingerprint density at radius 2 is 2.18 bits per heavy atom. The van der Waals surface area contributed by atoms with Gasteiger partial charge in [0.05, 0.1) is 7.11 Å². The maximum atomic E-state index is 12.0. The van der Waals surface area contributed by atoms with E-state index < -0.39 is 0 Å². The van der Waals surface area contributed by atoms with Gasteiger partial charge in [0, 0.05) is 11.1 Å². The molecule has 0 spiro atoms. The van der Waals surface area contributed by atoms with E-state index in [0.717, 1.165) is 6.42 Å². The normalized spacial score (nSPS) is 11.1. The Bertz CT molecular complexity index is 389. The summed E-state index contributed by atoms with van der Waals surface area (Å²) in [7, 11) is 1.58. The van der Waals surface area contributed by atoms with Gasteiger partial charge in [0.15, 0.2) is 0 Å². The topological polar surface area (TPSA) is 64.3 Å². The summed E-state index contributed by atoms with van der Waals surface area (Å²) >= 11 is 0. The maximum absolute atomic E-state index is 12.0. The Morgan fingerprint density at radius 3 is 2.76 bits per heavy atom. The first-order valence-corrected chi connectivity index (χ1v) is 5.65. The highest BCUT2D eigenvalue weighted by Gasteiger charge is 2.20. The highest BCUT2D eigenvalue weighted by Crippen LogP contribution is 2.14. The lowest BCUT2D eigenvalue weighted by atomic mass is 10.00. The lowest BCUT2D eigenvalue weighted by Gasteiger charge is -2.25. The lowest BCUT2D eigenvalue weighted by Crippen LogP contribution is -2.44. The van der Waals surface area contributed by atoms with Crippen LogP contribution in [0.15, 0.2) is 24.3 Å². The number of nitrogens with two attached hydrogens (primary N) is 1. The quantitative estimate of drug-likeness (QED) is 0.815. The van der Waals surface area contributed by atoms with Crippen molar-refractivity contribution in [2.45, 2.75) is 25.8 Å². The Balaban J connectivity index is 2.75. The second-order valence-corrected chi connectivity index (χ2v) is 4.61. The summed E-state index contributed by atoms with van der Waals surface area (Å²) in [4.78, 5) is 12.0. The summed E-state index contributed by atoms with van der Waals surface area (Å²) in [5, 5.41) is 2.95. The van der Waals surface area contributed by atoms with E-state index in [1.165, 1.54) is 0 Å². The number of ether oxygens (including phenoxy) is 1. The SMILES string of the molecule is COc1cccc(C(=O)NC(C)(C)CCN)c1. The van der Waals surface area contributed by atoms with Gasteiger partial charge >= 0.3 is 0 Å². The first-order chi connectivity index (χ1) is 7.98. The number of rotatable bonds is 5. The fourth-order valence-electron chi connectivity index (χ4n) is 1.57. The van der Waals surface area contributed by atoms with Crippen LogP contribution in [0, 0.1) is 0 Å². The predicted octanol–water partition coefficient (Wildman–Crippen LogP) is 1.55. The van der Waals surface area contributed by atoms with E-state index in [4.69, 9.17) is 10.5 Å². The highest BCUT2D eigenvalue weighted by molar-refractivity contribution is 5.95. The van der Waals surface area contributed by atoms with Crippen molar-refractivity contribution >= 4 is 5.91 Å². The fraction of sp³-hybridized carbons (Fsp3) is 0.462. The minimum atomic E-state index is -0.297. The molecule has 94 valence electrons. The molecule has 0 aliphatic heterocycles. The summed E-state index contributed by atoms with van der Waals surface area (Å²) < 4.78 is 5.08. The smallest absolute Gasteiger partial charge is 0.251 e. The molecule has 0 bridgehead atoms. The van der Waals surface area contributed by atoms with Crippen LogP contribution in [0.2, 0.25) is 0 Å². The van der Waals surface area contributed by atoms with E-state index in [2.05, 4.69) is 5.32 Å². The number of carbonyl (C=O) groups excluding carboxylic acids is 1. The zero-order valence-corrected chi connectivity index (χ0v) is 10.6. The number of hydrogen-bond donors (Lipinski definition) is 2. The molecule has 0 unspecified atom stereocenters. The van der Waals surface area contributed by atoms with Crippen LogP contribution >= 0.6 is 0 Å². The zero-order chi connectivity index (χ0) is 12.9. The molecule has 4 heteroatoms. The molecule has 0 aliphatic rings. The molecule has 0 atom stereocenters. The van der Waals surface area contributed by atoms with Crippen LogP contribution in [-0.4, -0.2) is 25.1 Å². The van der Waals surface area contributed by atoms with Gasteiger partial charge in [-0.25, -0.2) is 0 Å². The van der Waals surface area contributed by atoms with Gasteiger partial charge in [-0.1, -0.05) is 6.07 Å². The van der Waals surface area contributed by atoms with Crippen LogP contribution in [0.1, 0.15) is 30.6 Å². The van der Waals surface area contributed by atoms with Crippen molar-refractivity contribution in [1.29, 1.82) is 0 Å². The Hall–Kier alpha value is -1.55. The van der Waals surface area contributed by atoms with E-state index in [1.807, 2.05) is 19.9 Å². The number of hydrogen-bond acceptors (Lipinski definition) is 3. The van der Waals surface area contributed by atoms with Gasteiger partial charge in [-0.15, -0.1) is 0 Å². The fourth-order valence-corrected chi connectivity index (χ4v) is 1.57. The summed E-state index contributed by atoms with van der Waals surface area (Å²) in [5.41, 5.74) is 5.80. The summed E-state index contributed by atoms with van der Waals surface area (Å²) in [5.74, 6) is 0.566. The molecule has 1 aromatic carbocycles. The van der Waals surface area contributed by atoms with E-state index in [0.29, 0.717) is 17.9 Å². The molecule has 0 aromatic heterocycles. The molecule has 1 rings (SSSR count). The molecule has 0 fully saturated rings. The summed E-state index contributed by atoms with van der Waals surface area (Å²) in [6.45, 7) is 4.46. The molecule has 0 aliphatic carbocycles. The third kappa shape index (κ3) is 4.07. The molecule has 0 heterocycles. The highest BCUT2D eigenvalue weighted by atomic mass is 16.5. The molecule has 0 radical (unpaired) electrons. The van der Waals surface area contributed by atoms with Crippen LogP contribution in [-0.2, 0) is 0 Å². The average Bonchev–Trinajstić information content (AvgIpc) is 2.28. The Morgan fingerprint density at radius 1 is 1.47 bits per heavy atom. The van der Waals surface area contributed by atoms with Crippen molar-refractivity contribution in [3.8, 4) is 5.75 Å². The monoisotopic (exact) mass is 236 g/mol. The number of methoxy groups -OCH3 is 1. The van der Waals surface area contributed by atoms with Gasteiger partial charge in [0.2, 0.25) is 0 Å². The summed E-state index contributed by atoms with van der Waals surface area (Å²) in [6, 6.07) is 7.08. The molecular formula is C13H20N2O2. The van der Waals surface area contributed by atoms with Crippen molar-refractivity contribution in [1.82, 2.24) is 5.32 Å². The largest absolute Gasteiger partial charge is 0.497 e. The van der Waals surface area contributed by atoms with Gasteiger partial charge in [-0.2, -0.15) is 0 Å². The van der Waals surface area contributed by atoms with E-state index in [-0.39, 0.29) is 11.4 Å². The van der Waals surface area contributed by atoms with Gasteiger partial charge in [-0.05, 0) is 45.0 Å². The molecule has 0 saturated carbocycles. The first kappa shape index (κ1) is 13.5. The van der Waals surface area contributed by atoms with Gasteiger partial charge < -0.3 is 15.8 Å². The summed E-state index contributed by atoms with van der Waals surface area (Å²) in [6.07, 6.45) is 0.739. The molecule has 0 saturated heterocycles. The van der Waals surface area contributed by atoms with Gasteiger partial charge in [-0.3, -0.25) is 4.79 Å². The van der Waals surface area contributed by atoms with E-state index >= 15 is 0 Å². The second kappa shape index (κ2) is 5.68. The average molecular weight is 236 g/mol. The Labute approximate surface area is 102 Å². The van der Waals surface area contributed by atoms with Crippen molar-refractivity contribution in [3.63, 3.8) is 0 Å². The van der Waals surface area contributed by atoms with Gasteiger partial charge in [0.1, 0.15) is 5.75 Å². The van der Waals surface area contributed by atoms with Crippen molar-refractivity contribution in [2.75, 3.05) is 13.7 Å². The van der Waals surface area contributed by atoms with Crippen LogP contribution in [0.25, 0.3) is 0 Å². The molecule has 17 heavy (non-hydrogen) atoms. The standard InChI is InChI=1S/C13H20N2O2/c1-13(2,7-8-14)15-12(16)10-5-4-6-11(9-10)17-3/h4-6,9H,7-8,14H2,1-3H3,(H,15,16). The van der Waals surface area contributed by atoms with Crippen LogP contribution in [0.4, 0.5) is 0 Å². The molecule has 1 amide bonds. The molecule has 4 nitrogen and oxygen atoms in total. The van der Waals surface area contributed by atoms with E-state index in [9.17, 15) is 4.79 Å². The van der Waals surface area contributed by atoms with Crippen LogP contribution in [0.5, 0.6) is 5.75 Å². The first-order valence-electron chi connectivity index (χ1n) is 5.65. The van der Waals surface area contributed by atoms with Crippen molar-refractivity contribution in [3.05, 3.63) is 29.8 Å². The van der Waals surface area contributed by atoms with Crippen molar-refractivity contribution < 1.29 is 9.53 Å². The number of nitrogens with one attached hydrogen (secondary N) is 1. The third-order valence-electron chi connectivity index (χ3n) is 2.55. The molecule has 3 N–H and O–H groups in total. The van der Waals surface area contributed by atoms with Crippen LogP contribution < -0.4 is 15.8 Å².